The minimum atomic E-state index is 0.210. The largest absolute Gasteiger partial charge is 0.383 e. The van der Waals surface area contributed by atoms with Crippen molar-refractivity contribution >= 4 is 23.5 Å². The Balaban J connectivity index is 2.55. The van der Waals surface area contributed by atoms with E-state index in [0.29, 0.717) is 11.9 Å². The van der Waals surface area contributed by atoms with E-state index in [2.05, 4.69) is 39.0 Å². The van der Waals surface area contributed by atoms with Crippen molar-refractivity contribution in [3.8, 4) is 0 Å². The van der Waals surface area contributed by atoms with Gasteiger partial charge in [0, 0.05) is 39.8 Å². The fraction of sp³-hybridized carbons (Fsp3) is 0.769. The maximum Gasteiger partial charge on any atom is 0.231 e. The number of methoxy groups -OCH3 is 1. The first-order chi connectivity index (χ1) is 10.1. The fourth-order valence-corrected chi connectivity index (χ4v) is 1.94. The third-order valence-electron chi connectivity index (χ3n) is 3.10. The second-order valence-corrected chi connectivity index (χ2v) is 4.96. The maximum absolute atomic E-state index is 5.96. The summed E-state index contributed by atoms with van der Waals surface area (Å²) in [6.07, 6.45) is 0. The Kier molecular flexibility index (Phi) is 8.26. The summed E-state index contributed by atoms with van der Waals surface area (Å²) < 4.78 is 5.04. The molecule has 0 unspecified atom stereocenters. The van der Waals surface area contributed by atoms with Crippen LogP contribution in [-0.2, 0) is 4.74 Å². The molecule has 0 aliphatic rings. The summed E-state index contributed by atoms with van der Waals surface area (Å²) in [4.78, 5) is 16.9. The van der Waals surface area contributed by atoms with E-state index >= 15 is 0 Å². The topological polar surface area (TPSA) is 66.4 Å². The van der Waals surface area contributed by atoms with Gasteiger partial charge in [-0.1, -0.05) is 0 Å². The molecule has 0 saturated carbocycles. The number of hydrogen-bond acceptors (Lipinski definition) is 7. The standard InChI is InChI=1S/C13H25ClN6O/c1-5-20(6-2)13-17-11(14)16-12(18-13)15-7-8-19(3)9-10-21-4/h5-10H2,1-4H3,(H,15,16,17,18). The number of halogens is 1. The molecule has 0 amide bonds. The quantitative estimate of drug-likeness (QED) is 0.699. The Labute approximate surface area is 131 Å². The van der Waals surface area contributed by atoms with Crippen molar-refractivity contribution in [3.05, 3.63) is 5.28 Å². The van der Waals surface area contributed by atoms with E-state index in [1.165, 1.54) is 0 Å². The number of rotatable bonds is 10. The van der Waals surface area contributed by atoms with Crippen molar-refractivity contribution in [2.24, 2.45) is 0 Å². The molecule has 1 N–H and O–H groups in total. The van der Waals surface area contributed by atoms with E-state index in [1.807, 2.05) is 11.9 Å². The molecule has 0 spiro atoms. The summed E-state index contributed by atoms with van der Waals surface area (Å²) in [5, 5.41) is 3.39. The summed E-state index contributed by atoms with van der Waals surface area (Å²) in [6, 6.07) is 0. The van der Waals surface area contributed by atoms with Crippen LogP contribution < -0.4 is 10.2 Å². The van der Waals surface area contributed by atoms with Crippen molar-refractivity contribution in [1.82, 2.24) is 19.9 Å². The molecule has 0 aromatic carbocycles. The predicted octanol–water partition coefficient (Wildman–Crippen LogP) is 1.36. The number of ether oxygens (including phenoxy) is 1. The van der Waals surface area contributed by atoms with Gasteiger partial charge < -0.3 is 19.9 Å². The van der Waals surface area contributed by atoms with Gasteiger partial charge in [-0.15, -0.1) is 0 Å². The van der Waals surface area contributed by atoms with Gasteiger partial charge in [0.2, 0.25) is 17.2 Å². The van der Waals surface area contributed by atoms with Crippen LogP contribution in [0.3, 0.4) is 0 Å². The Bertz CT molecular complexity index is 416. The smallest absolute Gasteiger partial charge is 0.231 e. The van der Waals surface area contributed by atoms with Crippen LogP contribution in [0.2, 0.25) is 5.28 Å². The van der Waals surface area contributed by atoms with Gasteiger partial charge in [-0.05, 0) is 32.5 Å². The summed E-state index contributed by atoms with van der Waals surface area (Å²) in [6.45, 7) is 8.98. The number of nitrogens with one attached hydrogen (secondary N) is 1. The molecule has 0 saturated heterocycles. The molecule has 1 aromatic rings. The van der Waals surface area contributed by atoms with Crippen LogP contribution in [-0.4, -0.2) is 73.3 Å². The zero-order valence-electron chi connectivity index (χ0n) is 13.3. The van der Waals surface area contributed by atoms with Crippen LogP contribution >= 0.6 is 11.6 Å². The molecular formula is C13H25ClN6O. The van der Waals surface area contributed by atoms with E-state index in [0.717, 1.165) is 39.3 Å². The summed E-state index contributed by atoms with van der Waals surface area (Å²) in [5.41, 5.74) is 0. The van der Waals surface area contributed by atoms with Crippen molar-refractivity contribution in [3.63, 3.8) is 0 Å². The van der Waals surface area contributed by atoms with E-state index in [4.69, 9.17) is 16.3 Å². The van der Waals surface area contributed by atoms with E-state index in [9.17, 15) is 0 Å². The fourth-order valence-electron chi connectivity index (χ4n) is 1.78. The first-order valence-electron chi connectivity index (χ1n) is 7.18. The zero-order chi connectivity index (χ0) is 15.7. The first kappa shape index (κ1) is 17.9. The van der Waals surface area contributed by atoms with Gasteiger partial charge in [0.05, 0.1) is 6.61 Å². The summed E-state index contributed by atoms with van der Waals surface area (Å²) in [7, 11) is 3.75. The van der Waals surface area contributed by atoms with Crippen LogP contribution in [0.1, 0.15) is 13.8 Å². The molecule has 1 rings (SSSR count). The van der Waals surface area contributed by atoms with Gasteiger partial charge >= 0.3 is 0 Å². The van der Waals surface area contributed by atoms with Crippen molar-refractivity contribution < 1.29 is 4.74 Å². The van der Waals surface area contributed by atoms with Crippen LogP contribution in [0, 0.1) is 0 Å². The highest BCUT2D eigenvalue weighted by molar-refractivity contribution is 6.28. The van der Waals surface area contributed by atoms with Crippen LogP contribution in [0.4, 0.5) is 11.9 Å². The van der Waals surface area contributed by atoms with Gasteiger partial charge in [-0.25, -0.2) is 0 Å². The predicted molar refractivity (Wildman–Crippen MR) is 86.3 cm³/mol. The van der Waals surface area contributed by atoms with E-state index < -0.39 is 0 Å². The lowest BCUT2D eigenvalue weighted by molar-refractivity contribution is 0.163. The monoisotopic (exact) mass is 316 g/mol. The SMILES string of the molecule is CCN(CC)c1nc(Cl)nc(NCCN(C)CCOC)n1. The molecule has 0 aliphatic heterocycles. The lowest BCUT2D eigenvalue weighted by Crippen LogP contribution is -2.29. The average Bonchev–Trinajstić information content (AvgIpc) is 2.46. The highest BCUT2D eigenvalue weighted by Crippen LogP contribution is 2.13. The highest BCUT2D eigenvalue weighted by atomic mass is 35.5. The normalized spacial score (nSPS) is 11.0. The minimum absolute atomic E-state index is 0.210. The Hall–Kier alpha value is -1.18. The van der Waals surface area contributed by atoms with Crippen molar-refractivity contribution in [2.45, 2.75) is 13.8 Å². The van der Waals surface area contributed by atoms with Crippen LogP contribution in [0.25, 0.3) is 0 Å². The van der Waals surface area contributed by atoms with Crippen LogP contribution in [0.15, 0.2) is 0 Å². The van der Waals surface area contributed by atoms with Gasteiger partial charge in [0.25, 0.3) is 0 Å². The molecule has 7 nitrogen and oxygen atoms in total. The van der Waals surface area contributed by atoms with Crippen molar-refractivity contribution in [1.29, 1.82) is 0 Å². The van der Waals surface area contributed by atoms with Gasteiger partial charge in [0.1, 0.15) is 0 Å². The molecule has 0 radical (unpaired) electrons. The number of aromatic nitrogens is 3. The second-order valence-electron chi connectivity index (χ2n) is 4.62. The summed E-state index contributed by atoms with van der Waals surface area (Å²) in [5.74, 6) is 1.12. The molecule has 1 aromatic heterocycles. The molecule has 0 fully saturated rings. The molecule has 0 bridgehead atoms. The lowest BCUT2D eigenvalue weighted by atomic mass is 10.5. The minimum Gasteiger partial charge on any atom is -0.383 e. The molecule has 120 valence electrons. The maximum atomic E-state index is 5.96. The first-order valence-corrected chi connectivity index (χ1v) is 7.56. The molecule has 8 heteroatoms. The third kappa shape index (κ3) is 6.41. The third-order valence-corrected chi connectivity index (χ3v) is 3.27. The number of nitrogens with zero attached hydrogens (tertiary/aromatic N) is 5. The molecule has 0 aliphatic carbocycles. The Morgan fingerprint density at radius 1 is 1.14 bits per heavy atom. The molecule has 0 atom stereocenters. The van der Waals surface area contributed by atoms with Crippen molar-refractivity contribution in [2.75, 3.05) is 63.7 Å². The molecular weight excluding hydrogens is 292 g/mol. The molecule has 1 heterocycles. The number of anilines is 2. The second kappa shape index (κ2) is 9.70. The van der Waals surface area contributed by atoms with E-state index in [-0.39, 0.29) is 5.28 Å². The van der Waals surface area contributed by atoms with Gasteiger partial charge in [-0.3, -0.25) is 0 Å². The number of likely N-dealkylation sites (N-methyl/N-ethyl adjacent to an activating group) is 1. The van der Waals surface area contributed by atoms with Crippen LogP contribution in [0.5, 0.6) is 0 Å². The zero-order valence-corrected chi connectivity index (χ0v) is 14.0. The Morgan fingerprint density at radius 3 is 2.48 bits per heavy atom. The Morgan fingerprint density at radius 2 is 1.86 bits per heavy atom. The van der Waals surface area contributed by atoms with Gasteiger partial charge in [0.15, 0.2) is 0 Å². The highest BCUT2D eigenvalue weighted by Gasteiger charge is 2.10. The number of hydrogen-bond donors (Lipinski definition) is 1. The summed E-state index contributed by atoms with van der Waals surface area (Å²) >= 11 is 5.96. The van der Waals surface area contributed by atoms with Gasteiger partial charge in [-0.2, -0.15) is 15.0 Å². The average molecular weight is 317 g/mol. The lowest BCUT2D eigenvalue weighted by Gasteiger charge is -2.19. The molecule has 21 heavy (non-hydrogen) atoms. The van der Waals surface area contributed by atoms with E-state index in [1.54, 1.807) is 7.11 Å².